The van der Waals surface area contributed by atoms with Crippen molar-refractivity contribution < 1.29 is 4.39 Å². The van der Waals surface area contributed by atoms with Crippen LogP contribution in [0.25, 0.3) is 0 Å². The minimum Gasteiger partial charge on any atom is -0.328 e. The molecule has 2 heteroatoms. The van der Waals surface area contributed by atoms with E-state index < -0.39 is 6.17 Å². The number of hydrogen-bond donors (Lipinski definition) is 1. The number of rotatable bonds is 7. The molecular weight excluding hydrogens is 225 g/mol. The van der Waals surface area contributed by atoms with Gasteiger partial charge in [-0.25, -0.2) is 4.39 Å². The summed E-state index contributed by atoms with van der Waals surface area (Å²) in [5, 5.41) is 0. The van der Waals surface area contributed by atoms with E-state index in [2.05, 4.69) is 27.7 Å². The normalized spacial score (nSPS) is 17.7. The molecule has 0 aliphatic rings. The molecule has 0 rings (SSSR count). The predicted molar refractivity (Wildman–Crippen MR) is 81.5 cm³/mol. The number of alkyl halides is 1. The standard InChI is InChI=1S/C10H23N.C6H13F/c1-5-10(9(4)11)7-6-8(2)3;1-4-5(2)6(3)7/h8-10H,5-7,11H2,1-4H3;5-6H,4H2,1-3H3. The van der Waals surface area contributed by atoms with Gasteiger partial charge in [0.05, 0.1) is 6.17 Å². The highest BCUT2D eigenvalue weighted by Crippen LogP contribution is 2.17. The van der Waals surface area contributed by atoms with E-state index >= 15 is 0 Å². The largest absolute Gasteiger partial charge is 0.328 e. The van der Waals surface area contributed by atoms with Crippen LogP contribution in [0.2, 0.25) is 0 Å². The Bertz CT molecular complexity index is 166. The smallest absolute Gasteiger partial charge is 0.0998 e. The fraction of sp³-hybridized carbons (Fsp3) is 1.00. The summed E-state index contributed by atoms with van der Waals surface area (Å²) in [5.41, 5.74) is 5.83. The molecule has 0 heterocycles. The third-order valence-electron chi connectivity index (χ3n) is 3.81. The molecule has 0 saturated heterocycles. The van der Waals surface area contributed by atoms with Gasteiger partial charge in [-0.1, -0.05) is 53.9 Å². The lowest BCUT2D eigenvalue weighted by atomic mass is 9.91. The summed E-state index contributed by atoms with van der Waals surface area (Å²) in [4.78, 5) is 0. The summed E-state index contributed by atoms with van der Waals surface area (Å²) in [6, 6.07) is 0.374. The lowest BCUT2D eigenvalue weighted by molar-refractivity contribution is 0.259. The molecule has 0 aromatic carbocycles. The minimum atomic E-state index is -0.634. The van der Waals surface area contributed by atoms with Crippen LogP contribution in [0, 0.1) is 17.8 Å². The summed E-state index contributed by atoms with van der Waals surface area (Å²) in [5.74, 6) is 1.79. The van der Waals surface area contributed by atoms with Gasteiger partial charge in [-0.15, -0.1) is 0 Å². The van der Waals surface area contributed by atoms with Crippen molar-refractivity contribution in [2.45, 2.75) is 86.4 Å². The number of hydrogen-bond acceptors (Lipinski definition) is 1. The van der Waals surface area contributed by atoms with Crippen molar-refractivity contribution in [2.24, 2.45) is 23.5 Å². The molecule has 4 unspecified atom stereocenters. The Morgan fingerprint density at radius 3 is 1.56 bits per heavy atom. The van der Waals surface area contributed by atoms with Gasteiger partial charge in [-0.3, -0.25) is 0 Å². The van der Waals surface area contributed by atoms with Crippen LogP contribution in [0.15, 0.2) is 0 Å². The highest BCUT2D eigenvalue weighted by molar-refractivity contribution is 4.67. The molecule has 4 atom stereocenters. The number of halogens is 1. The van der Waals surface area contributed by atoms with E-state index in [0.29, 0.717) is 6.04 Å². The van der Waals surface area contributed by atoms with Crippen molar-refractivity contribution in [3.63, 3.8) is 0 Å². The molecule has 0 spiro atoms. The highest BCUT2D eigenvalue weighted by atomic mass is 19.1. The Morgan fingerprint density at radius 1 is 0.889 bits per heavy atom. The van der Waals surface area contributed by atoms with Crippen LogP contribution in [0.4, 0.5) is 4.39 Å². The van der Waals surface area contributed by atoms with Gasteiger partial charge < -0.3 is 5.73 Å². The van der Waals surface area contributed by atoms with E-state index in [1.807, 2.05) is 13.8 Å². The Balaban J connectivity index is 0. The Kier molecular flexibility index (Phi) is 13.4. The molecule has 0 bridgehead atoms. The summed E-state index contributed by atoms with van der Waals surface area (Å²) in [6.45, 7) is 14.4. The van der Waals surface area contributed by atoms with Gasteiger partial charge in [0.25, 0.3) is 0 Å². The van der Waals surface area contributed by atoms with Crippen LogP contribution in [0.1, 0.15) is 74.1 Å². The zero-order chi connectivity index (χ0) is 14.7. The van der Waals surface area contributed by atoms with Crippen LogP contribution in [0.3, 0.4) is 0 Å². The lowest BCUT2D eigenvalue weighted by Gasteiger charge is -2.19. The quantitative estimate of drug-likeness (QED) is 0.671. The summed E-state index contributed by atoms with van der Waals surface area (Å²) in [6.07, 6.45) is 4.15. The van der Waals surface area contributed by atoms with E-state index in [-0.39, 0.29) is 5.92 Å². The molecule has 1 nitrogen and oxygen atoms in total. The first kappa shape index (κ1) is 20.2. The van der Waals surface area contributed by atoms with Crippen molar-refractivity contribution in [3.05, 3.63) is 0 Å². The summed E-state index contributed by atoms with van der Waals surface area (Å²) >= 11 is 0. The van der Waals surface area contributed by atoms with Crippen molar-refractivity contribution >= 4 is 0 Å². The predicted octanol–water partition coefficient (Wildman–Crippen LogP) is 5.19. The molecule has 0 aromatic heterocycles. The van der Waals surface area contributed by atoms with Gasteiger partial charge in [0, 0.05) is 6.04 Å². The second kappa shape index (κ2) is 12.0. The zero-order valence-corrected chi connectivity index (χ0v) is 13.7. The van der Waals surface area contributed by atoms with Crippen LogP contribution in [-0.4, -0.2) is 12.2 Å². The van der Waals surface area contributed by atoms with Gasteiger partial charge in [0.2, 0.25) is 0 Å². The van der Waals surface area contributed by atoms with Crippen molar-refractivity contribution in [1.82, 2.24) is 0 Å². The maximum absolute atomic E-state index is 12.1. The van der Waals surface area contributed by atoms with Gasteiger partial charge >= 0.3 is 0 Å². The molecule has 0 aliphatic heterocycles. The van der Waals surface area contributed by atoms with E-state index in [4.69, 9.17) is 5.73 Å². The second-order valence-corrected chi connectivity index (χ2v) is 6.06. The van der Waals surface area contributed by atoms with Crippen molar-refractivity contribution in [3.8, 4) is 0 Å². The zero-order valence-electron chi connectivity index (χ0n) is 13.7. The minimum absolute atomic E-state index is 0.236. The van der Waals surface area contributed by atoms with Crippen LogP contribution in [0.5, 0.6) is 0 Å². The third-order valence-corrected chi connectivity index (χ3v) is 3.81. The van der Waals surface area contributed by atoms with Gasteiger partial charge in [-0.2, -0.15) is 0 Å². The molecule has 0 fully saturated rings. The maximum atomic E-state index is 12.1. The monoisotopic (exact) mass is 261 g/mol. The molecule has 112 valence electrons. The Morgan fingerprint density at radius 2 is 1.39 bits per heavy atom. The number of nitrogens with two attached hydrogens (primary N) is 1. The average molecular weight is 261 g/mol. The van der Waals surface area contributed by atoms with Crippen molar-refractivity contribution in [2.75, 3.05) is 0 Å². The fourth-order valence-corrected chi connectivity index (χ4v) is 1.71. The molecular formula is C16H36FN. The first-order chi connectivity index (χ1) is 8.26. The van der Waals surface area contributed by atoms with Gasteiger partial charge in [-0.05, 0) is 38.0 Å². The Labute approximate surface area is 115 Å². The van der Waals surface area contributed by atoms with E-state index in [1.54, 1.807) is 6.92 Å². The SMILES string of the molecule is CCC(C)C(C)F.CCC(CCC(C)C)C(C)N. The van der Waals surface area contributed by atoms with Gasteiger partial charge in [0.15, 0.2) is 0 Å². The third kappa shape index (κ3) is 12.3. The molecule has 2 N–H and O–H groups in total. The fourth-order valence-electron chi connectivity index (χ4n) is 1.71. The highest BCUT2D eigenvalue weighted by Gasteiger charge is 2.11. The van der Waals surface area contributed by atoms with Crippen LogP contribution >= 0.6 is 0 Å². The van der Waals surface area contributed by atoms with E-state index in [0.717, 1.165) is 18.3 Å². The molecule has 18 heavy (non-hydrogen) atoms. The lowest BCUT2D eigenvalue weighted by Crippen LogP contribution is -2.26. The summed E-state index contributed by atoms with van der Waals surface area (Å²) in [7, 11) is 0. The van der Waals surface area contributed by atoms with Crippen LogP contribution < -0.4 is 5.73 Å². The molecule has 0 aliphatic carbocycles. The van der Waals surface area contributed by atoms with E-state index in [1.165, 1.54) is 19.3 Å². The topological polar surface area (TPSA) is 26.0 Å². The molecule has 0 aromatic rings. The molecule has 0 radical (unpaired) electrons. The molecule has 0 saturated carbocycles. The van der Waals surface area contributed by atoms with Crippen molar-refractivity contribution in [1.29, 1.82) is 0 Å². The molecule has 0 amide bonds. The van der Waals surface area contributed by atoms with Gasteiger partial charge in [0.1, 0.15) is 0 Å². The van der Waals surface area contributed by atoms with E-state index in [9.17, 15) is 4.39 Å². The second-order valence-electron chi connectivity index (χ2n) is 6.06. The first-order valence-electron chi connectivity index (χ1n) is 7.65. The van der Waals surface area contributed by atoms with Crippen LogP contribution in [-0.2, 0) is 0 Å². The average Bonchev–Trinajstić information content (AvgIpc) is 2.28. The maximum Gasteiger partial charge on any atom is 0.0998 e. The first-order valence-corrected chi connectivity index (χ1v) is 7.65. The Hall–Kier alpha value is -0.110. The summed E-state index contributed by atoms with van der Waals surface area (Å²) < 4.78 is 12.1.